The van der Waals surface area contributed by atoms with Gasteiger partial charge in [-0.15, -0.1) is 0 Å². The highest BCUT2D eigenvalue weighted by Crippen LogP contribution is 2.38. The largest absolute Gasteiger partial charge is 0.375 e. The minimum Gasteiger partial charge on any atom is -0.375 e. The molecule has 0 heterocycles. The van der Waals surface area contributed by atoms with Crippen molar-refractivity contribution in [3.63, 3.8) is 0 Å². The third-order valence-corrected chi connectivity index (χ3v) is 3.54. The topological polar surface area (TPSA) is 18.5 Å². The summed E-state index contributed by atoms with van der Waals surface area (Å²) in [5.74, 6) is 0. The minimum absolute atomic E-state index is 0.0494. The first-order chi connectivity index (χ1) is 8.12. The van der Waals surface area contributed by atoms with Gasteiger partial charge in [0.1, 0.15) is 0 Å². The third-order valence-electron chi connectivity index (χ3n) is 3.54. The van der Waals surface area contributed by atoms with Crippen LogP contribution >= 0.6 is 0 Å². The number of hydrogen-bond acceptors (Lipinski definition) is 2. The van der Waals surface area contributed by atoms with E-state index in [-0.39, 0.29) is 16.6 Å². The lowest BCUT2D eigenvalue weighted by molar-refractivity contribution is -0.118. The average molecular weight is 256 g/mol. The van der Waals surface area contributed by atoms with Crippen molar-refractivity contribution in [3.05, 3.63) is 0 Å². The molecule has 2 heteroatoms. The molecule has 1 aliphatic carbocycles. The summed E-state index contributed by atoms with van der Waals surface area (Å²) in [4.78, 5) is 0. The van der Waals surface area contributed by atoms with Crippen molar-refractivity contribution in [1.29, 1.82) is 0 Å². The van der Waals surface area contributed by atoms with Gasteiger partial charge in [0, 0.05) is 5.41 Å². The second kappa shape index (κ2) is 5.92. The Morgan fingerprint density at radius 2 is 1.11 bits per heavy atom. The summed E-state index contributed by atoms with van der Waals surface area (Å²) >= 11 is 0. The lowest BCUT2D eigenvalue weighted by Crippen LogP contribution is -2.40. The SMILES string of the molecule is CC(C)(C)OCC1(COC(C)(C)C)CCCCC1. The van der Waals surface area contributed by atoms with Gasteiger partial charge in [-0.25, -0.2) is 0 Å². The van der Waals surface area contributed by atoms with E-state index in [1.54, 1.807) is 0 Å². The Labute approximate surface area is 113 Å². The van der Waals surface area contributed by atoms with Crippen LogP contribution in [0.2, 0.25) is 0 Å². The summed E-state index contributed by atoms with van der Waals surface area (Å²) in [6, 6.07) is 0. The molecule has 1 fully saturated rings. The Bertz CT molecular complexity index is 219. The monoisotopic (exact) mass is 256 g/mol. The van der Waals surface area contributed by atoms with Gasteiger partial charge in [0.25, 0.3) is 0 Å². The molecular formula is C16H32O2. The Morgan fingerprint density at radius 3 is 1.44 bits per heavy atom. The molecule has 0 aromatic carbocycles. The third kappa shape index (κ3) is 6.19. The van der Waals surface area contributed by atoms with Crippen LogP contribution < -0.4 is 0 Å². The Balaban J connectivity index is 2.57. The van der Waals surface area contributed by atoms with Crippen LogP contribution in [-0.4, -0.2) is 24.4 Å². The van der Waals surface area contributed by atoms with Crippen molar-refractivity contribution < 1.29 is 9.47 Å². The summed E-state index contributed by atoms with van der Waals surface area (Å²) < 4.78 is 12.1. The molecule has 0 atom stereocenters. The molecule has 0 radical (unpaired) electrons. The molecular weight excluding hydrogens is 224 g/mol. The molecule has 18 heavy (non-hydrogen) atoms. The molecule has 2 nitrogen and oxygen atoms in total. The second-order valence-electron chi connectivity index (χ2n) is 7.86. The highest BCUT2D eigenvalue weighted by molar-refractivity contribution is 4.84. The molecule has 0 aromatic heterocycles. The Hall–Kier alpha value is -0.0800. The lowest BCUT2D eigenvalue weighted by atomic mass is 9.75. The fourth-order valence-electron chi connectivity index (χ4n) is 2.37. The van der Waals surface area contributed by atoms with E-state index in [0.717, 1.165) is 13.2 Å². The Morgan fingerprint density at radius 1 is 0.722 bits per heavy atom. The summed E-state index contributed by atoms with van der Waals surface area (Å²) in [6.07, 6.45) is 6.51. The first-order valence-electron chi connectivity index (χ1n) is 7.40. The summed E-state index contributed by atoms with van der Waals surface area (Å²) in [6.45, 7) is 14.5. The summed E-state index contributed by atoms with van der Waals surface area (Å²) in [5.41, 5.74) is 0.150. The van der Waals surface area contributed by atoms with Crippen LogP contribution in [0.5, 0.6) is 0 Å². The molecule has 1 rings (SSSR count). The normalized spacial score (nSPS) is 21.0. The standard InChI is InChI=1S/C16H32O2/c1-14(2,3)17-12-16(10-8-7-9-11-16)13-18-15(4,5)6/h7-13H2,1-6H3. The van der Waals surface area contributed by atoms with Gasteiger partial charge < -0.3 is 9.47 Å². The van der Waals surface area contributed by atoms with E-state index in [9.17, 15) is 0 Å². The fraction of sp³-hybridized carbons (Fsp3) is 1.00. The average Bonchev–Trinajstić information content (AvgIpc) is 2.24. The van der Waals surface area contributed by atoms with Crippen LogP contribution in [0.1, 0.15) is 73.6 Å². The van der Waals surface area contributed by atoms with Gasteiger partial charge in [-0.05, 0) is 54.4 Å². The number of ether oxygens (including phenoxy) is 2. The predicted molar refractivity (Wildman–Crippen MR) is 76.9 cm³/mol. The first-order valence-corrected chi connectivity index (χ1v) is 7.40. The molecule has 0 aliphatic heterocycles. The van der Waals surface area contributed by atoms with Crippen molar-refractivity contribution in [2.24, 2.45) is 5.41 Å². The van der Waals surface area contributed by atoms with Gasteiger partial charge in [0.2, 0.25) is 0 Å². The summed E-state index contributed by atoms with van der Waals surface area (Å²) in [7, 11) is 0. The lowest BCUT2D eigenvalue weighted by Gasteiger charge is -2.40. The van der Waals surface area contributed by atoms with E-state index in [2.05, 4.69) is 41.5 Å². The van der Waals surface area contributed by atoms with E-state index in [1.165, 1.54) is 32.1 Å². The molecule has 0 unspecified atom stereocenters. The maximum Gasteiger partial charge on any atom is 0.0598 e. The van der Waals surface area contributed by atoms with E-state index in [1.807, 2.05) is 0 Å². The molecule has 0 spiro atoms. The van der Waals surface area contributed by atoms with Gasteiger partial charge in [-0.3, -0.25) is 0 Å². The molecule has 0 amide bonds. The molecule has 0 aromatic rings. The van der Waals surface area contributed by atoms with Crippen LogP contribution in [0.15, 0.2) is 0 Å². The molecule has 0 bridgehead atoms. The zero-order chi connectivity index (χ0) is 13.9. The van der Waals surface area contributed by atoms with Crippen molar-refractivity contribution in [3.8, 4) is 0 Å². The van der Waals surface area contributed by atoms with E-state index in [0.29, 0.717) is 0 Å². The van der Waals surface area contributed by atoms with Crippen LogP contribution in [0.25, 0.3) is 0 Å². The van der Waals surface area contributed by atoms with E-state index >= 15 is 0 Å². The van der Waals surface area contributed by atoms with Gasteiger partial charge in [-0.1, -0.05) is 19.3 Å². The highest BCUT2D eigenvalue weighted by Gasteiger charge is 2.35. The van der Waals surface area contributed by atoms with Gasteiger partial charge in [0.05, 0.1) is 24.4 Å². The number of hydrogen-bond donors (Lipinski definition) is 0. The van der Waals surface area contributed by atoms with Gasteiger partial charge in [0.15, 0.2) is 0 Å². The van der Waals surface area contributed by atoms with Crippen LogP contribution in [0.4, 0.5) is 0 Å². The maximum absolute atomic E-state index is 6.06. The van der Waals surface area contributed by atoms with Crippen LogP contribution in [0, 0.1) is 5.41 Å². The fourth-order valence-corrected chi connectivity index (χ4v) is 2.37. The maximum atomic E-state index is 6.06. The minimum atomic E-state index is -0.0494. The Kier molecular flexibility index (Phi) is 5.25. The smallest absolute Gasteiger partial charge is 0.0598 e. The zero-order valence-electron chi connectivity index (χ0n) is 13.3. The molecule has 0 saturated heterocycles. The van der Waals surface area contributed by atoms with Crippen LogP contribution in [0.3, 0.4) is 0 Å². The molecule has 0 N–H and O–H groups in total. The molecule has 1 aliphatic rings. The van der Waals surface area contributed by atoms with Crippen molar-refractivity contribution in [2.75, 3.05) is 13.2 Å². The molecule has 1 saturated carbocycles. The van der Waals surface area contributed by atoms with Gasteiger partial charge >= 0.3 is 0 Å². The van der Waals surface area contributed by atoms with Crippen molar-refractivity contribution >= 4 is 0 Å². The number of rotatable bonds is 4. The molecule has 108 valence electrons. The van der Waals surface area contributed by atoms with Crippen LogP contribution in [-0.2, 0) is 9.47 Å². The first kappa shape index (κ1) is 16.0. The van der Waals surface area contributed by atoms with Crippen molar-refractivity contribution in [2.45, 2.75) is 84.8 Å². The second-order valence-corrected chi connectivity index (χ2v) is 7.86. The zero-order valence-corrected chi connectivity index (χ0v) is 13.3. The van der Waals surface area contributed by atoms with Crippen molar-refractivity contribution in [1.82, 2.24) is 0 Å². The van der Waals surface area contributed by atoms with E-state index < -0.39 is 0 Å². The summed E-state index contributed by atoms with van der Waals surface area (Å²) in [5, 5.41) is 0. The highest BCUT2D eigenvalue weighted by atomic mass is 16.5. The predicted octanol–water partition coefficient (Wildman–Crippen LogP) is 4.57. The van der Waals surface area contributed by atoms with E-state index in [4.69, 9.17) is 9.47 Å². The van der Waals surface area contributed by atoms with Gasteiger partial charge in [-0.2, -0.15) is 0 Å². The quantitative estimate of drug-likeness (QED) is 0.733.